The monoisotopic (exact) mass is 295 g/mol. The number of ether oxygens (including phenoxy) is 2. The fraction of sp³-hybridized carbons (Fsp3) is 0.625. The molecule has 0 radical (unpaired) electrons. The van der Waals surface area contributed by atoms with Crippen molar-refractivity contribution >= 4 is 11.6 Å². The van der Waals surface area contributed by atoms with Gasteiger partial charge in [0, 0.05) is 12.6 Å². The largest absolute Gasteiger partial charge is 0.454 e. The lowest BCUT2D eigenvalue weighted by Gasteiger charge is -2.31. The van der Waals surface area contributed by atoms with Crippen molar-refractivity contribution in [2.45, 2.75) is 51.6 Å². The van der Waals surface area contributed by atoms with E-state index in [9.17, 15) is 0 Å². The van der Waals surface area contributed by atoms with Gasteiger partial charge in [-0.05, 0) is 36.5 Å². The number of nitrogens with one attached hydrogen (secondary N) is 1. The van der Waals surface area contributed by atoms with Gasteiger partial charge in [-0.1, -0.05) is 37.8 Å². The number of hydrogen-bond acceptors (Lipinski definition) is 3. The van der Waals surface area contributed by atoms with Crippen molar-refractivity contribution in [3.05, 3.63) is 22.7 Å². The summed E-state index contributed by atoms with van der Waals surface area (Å²) in [4.78, 5) is 0. The molecule has 110 valence electrons. The maximum absolute atomic E-state index is 6.22. The summed E-state index contributed by atoms with van der Waals surface area (Å²) >= 11 is 6.22. The van der Waals surface area contributed by atoms with Crippen molar-refractivity contribution < 1.29 is 9.47 Å². The number of halogens is 1. The van der Waals surface area contributed by atoms with Gasteiger partial charge < -0.3 is 14.8 Å². The Morgan fingerprint density at radius 1 is 1.25 bits per heavy atom. The summed E-state index contributed by atoms with van der Waals surface area (Å²) in [5.41, 5.74) is 1.17. The molecule has 1 aliphatic heterocycles. The van der Waals surface area contributed by atoms with Crippen molar-refractivity contribution in [1.29, 1.82) is 0 Å². The smallest absolute Gasteiger partial charge is 0.231 e. The number of fused-ring (bicyclic) bond motifs is 1. The molecular formula is C16H22ClNO2. The zero-order valence-electron chi connectivity index (χ0n) is 12.0. The highest BCUT2D eigenvalue weighted by Gasteiger charge is 2.23. The molecule has 1 fully saturated rings. The lowest BCUT2D eigenvalue weighted by molar-refractivity contribution is 0.174. The van der Waals surface area contributed by atoms with Gasteiger partial charge in [0.05, 0.1) is 5.02 Å². The first-order chi connectivity index (χ1) is 9.78. The van der Waals surface area contributed by atoms with Crippen molar-refractivity contribution in [2.75, 3.05) is 6.79 Å². The Morgan fingerprint density at radius 2 is 2.10 bits per heavy atom. The van der Waals surface area contributed by atoms with Crippen LogP contribution < -0.4 is 14.8 Å². The van der Waals surface area contributed by atoms with Crippen molar-refractivity contribution in [3.8, 4) is 11.5 Å². The summed E-state index contributed by atoms with van der Waals surface area (Å²) in [7, 11) is 0. The second-order valence-corrected chi connectivity index (χ2v) is 6.16. The average molecular weight is 296 g/mol. The Labute approximate surface area is 125 Å². The van der Waals surface area contributed by atoms with E-state index in [0.717, 1.165) is 18.2 Å². The molecule has 4 heteroatoms. The van der Waals surface area contributed by atoms with E-state index < -0.39 is 0 Å². The van der Waals surface area contributed by atoms with Crippen LogP contribution in [0.5, 0.6) is 11.5 Å². The van der Waals surface area contributed by atoms with Crippen LogP contribution in [-0.2, 0) is 6.54 Å². The molecule has 3 nitrogen and oxygen atoms in total. The van der Waals surface area contributed by atoms with E-state index in [0.29, 0.717) is 16.8 Å². The molecule has 1 heterocycles. The Hall–Kier alpha value is -0.930. The minimum absolute atomic E-state index is 0.270. The van der Waals surface area contributed by atoms with E-state index in [-0.39, 0.29) is 6.79 Å². The number of benzene rings is 1. The molecule has 0 bridgehead atoms. The standard InChI is InChI=1S/C16H22ClNO2/c1-2-12-5-3-4-6-14(12)18-9-11-7-13(17)16-15(8-11)19-10-20-16/h7-8,12,14,18H,2-6,9-10H2,1H3. The lowest BCUT2D eigenvalue weighted by Crippen LogP contribution is -2.37. The van der Waals surface area contributed by atoms with Gasteiger partial charge in [-0.2, -0.15) is 0 Å². The van der Waals surface area contributed by atoms with E-state index in [2.05, 4.69) is 12.2 Å². The van der Waals surface area contributed by atoms with Crippen LogP contribution in [0, 0.1) is 5.92 Å². The van der Waals surface area contributed by atoms with Crippen molar-refractivity contribution in [3.63, 3.8) is 0 Å². The minimum atomic E-state index is 0.270. The summed E-state index contributed by atoms with van der Waals surface area (Å²) in [6, 6.07) is 4.65. The highest BCUT2D eigenvalue weighted by Crippen LogP contribution is 2.39. The maximum atomic E-state index is 6.22. The predicted molar refractivity (Wildman–Crippen MR) is 80.5 cm³/mol. The maximum Gasteiger partial charge on any atom is 0.231 e. The van der Waals surface area contributed by atoms with Gasteiger partial charge in [0.15, 0.2) is 11.5 Å². The molecule has 20 heavy (non-hydrogen) atoms. The van der Waals surface area contributed by atoms with E-state index in [1.54, 1.807) is 0 Å². The van der Waals surface area contributed by atoms with Crippen molar-refractivity contribution in [2.24, 2.45) is 5.92 Å². The highest BCUT2D eigenvalue weighted by atomic mass is 35.5. The molecule has 1 aromatic carbocycles. The molecule has 1 aliphatic carbocycles. The third-order valence-corrected chi connectivity index (χ3v) is 4.77. The third kappa shape index (κ3) is 2.89. The van der Waals surface area contributed by atoms with Crippen molar-refractivity contribution in [1.82, 2.24) is 5.32 Å². The Balaban J connectivity index is 1.65. The molecule has 1 N–H and O–H groups in total. The average Bonchev–Trinajstić information content (AvgIpc) is 2.94. The molecule has 0 saturated heterocycles. The van der Waals surface area contributed by atoms with Gasteiger partial charge in [-0.25, -0.2) is 0 Å². The van der Waals surface area contributed by atoms with E-state index >= 15 is 0 Å². The summed E-state index contributed by atoms with van der Waals surface area (Å²) < 4.78 is 10.8. The van der Waals surface area contributed by atoms with Gasteiger partial charge in [0.25, 0.3) is 0 Å². The summed E-state index contributed by atoms with van der Waals surface area (Å²) in [5, 5.41) is 4.35. The third-order valence-electron chi connectivity index (χ3n) is 4.49. The summed E-state index contributed by atoms with van der Waals surface area (Å²) in [6.45, 7) is 3.41. The molecule has 2 unspecified atom stereocenters. The Bertz CT molecular complexity index is 478. The molecule has 1 aromatic rings. The lowest BCUT2D eigenvalue weighted by atomic mass is 9.83. The van der Waals surface area contributed by atoms with Crippen LogP contribution in [0.4, 0.5) is 0 Å². The van der Waals surface area contributed by atoms with Crippen LogP contribution in [0.25, 0.3) is 0 Å². The SMILES string of the molecule is CCC1CCCCC1NCc1cc(Cl)c2c(c1)OCO2. The van der Waals surface area contributed by atoms with Crippen LogP contribution in [-0.4, -0.2) is 12.8 Å². The minimum Gasteiger partial charge on any atom is -0.454 e. The quantitative estimate of drug-likeness (QED) is 0.906. The Morgan fingerprint density at radius 3 is 2.95 bits per heavy atom. The van der Waals surface area contributed by atoms with Crippen LogP contribution in [0.3, 0.4) is 0 Å². The molecule has 0 spiro atoms. The van der Waals surface area contributed by atoms with Gasteiger partial charge in [0.1, 0.15) is 0 Å². The molecule has 3 rings (SSSR count). The molecule has 0 aromatic heterocycles. The second-order valence-electron chi connectivity index (χ2n) is 5.75. The zero-order valence-corrected chi connectivity index (χ0v) is 12.7. The van der Waals surface area contributed by atoms with Crippen LogP contribution >= 0.6 is 11.6 Å². The Kier molecular flexibility index (Phi) is 4.37. The topological polar surface area (TPSA) is 30.5 Å². The van der Waals surface area contributed by atoms with Gasteiger partial charge in [0.2, 0.25) is 6.79 Å². The van der Waals surface area contributed by atoms with Crippen LogP contribution in [0.1, 0.15) is 44.6 Å². The van der Waals surface area contributed by atoms with Gasteiger partial charge in [-0.15, -0.1) is 0 Å². The molecule has 1 saturated carbocycles. The summed E-state index contributed by atoms with van der Waals surface area (Å²) in [5.74, 6) is 2.26. The molecular weight excluding hydrogens is 274 g/mol. The first kappa shape index (κ1) is 14.0. The second kappa shape index (κ2) is 6.23. The summed E-state index contributed by atoms with van der Waals surface area (Å²) in [6.07, 6.45) is 6.63. The highest BCUT2D eigenvalue weighted by molar-refractivity contribution is 6.32. The van der Waals surface area contributed by atoms with Gasteiger partial charge in [-0.3, -0.25) is 0 Å². The first-order valence-electron chi connectivity index (χ1n) is 7.59. The van der Waals surface area contributed by atoms with Crippen LogP contribution in [0.15, 0.2) is 12.1 Å². The number of rotatable bonds is 4. The normalized spacial score (nSPS) is 24.9. The molecule has 2 aliphatic rings. The van der Waals surface area contributed by atoms with E-state index in [1.165, 1.54) is 37.7 Å². The zero-order chi connectivity index (χ0) is 13.9. The number of hydrogen-bond donors (Lipinski definition) is 1. The van der Waals surface area contributed by atoms with E-state index in [4.69, 9.17) is 21.1 Å². The predicted octanol–water partition coefficient (Wildman–Crippen LogP) is 4.13. The van der Waals surface area contributed by atoms with E-state index in [1.807, 2.05) is 12.1 Å². The first-order valence-corrected chi connectivity index (χ1v) is 7.97. The fourth-order valence-electron chi connectivity index (χ4n) is 3.34. The molecule has 0 amide bonds. The fourth-order valence-corrected chi connectivity index (χ4v) is 3.62. The molecule has 2 atom stereocenters. The van der Waals surface area contributed by atoms with Gasteiger partial charge >= 0.3 is 0 Å². The van der Waals surface area contributed by atoms with Crippen LogP contribution in [0.2, 0.25) is 5.02 Å².